The van der Waals surface area contributed by atoms with Gasteiger partial charge in [0.15, 0.2) is 5.84 Å². The molecule has 1 rings (SSSR count). The number of carbonyl (C=O) groups is 1. The number of hydrogen-bond acceptors (Lipinski definition) is 4. The Balaban J connectivity index is 3.00. The number of oxime groups is 1. The zero-order valence-corrected chi connectivity index (χ0v) is 10.6. The lowest BCUT2D eigenvalue weighted by Gasteiger charge is -2.24. The van der Waals surface area contributed by atoms with Gasteiger partial charge in [0.25, 0.3) is 5.91 Å². The van der Waals surface area contributed by atoms with Crippen molar-refractivity contribution in [2.24, 2.45) is 10.9 Å². The number of amidine groups is 1. The summed E-state index contributed by atoms with van der Waals surface area (Å²) in [7, 11) is 0. The minimum atomic E-state index is -1.01. The van der Waals surface area contributed by atoms with E-state index in [0.717, 1.165) is 0 Å². The van der Waals surface area contributed by atoms with E-state index in [2.05, 4.69) is 10.5 Å². The molecule has 0 aliphatic rings. The molecule has 6 heteroatoms. The van der Waals surface area contributed by atoms with Crippen LogP contribution in [0.25, 0.3) is 0 Å². The summed E-state index contributed by atoms with van der Waals surface area (Å²) >= 11 is 0. The van der Waals surface area contributed by atoms with Crippen molar-refractivity contribution in [3.63, 3.8) is 0 Å². The Kier molecular flexibility index (Phi) is 3.80. The minimum absolute atomic E-state index is 0.0784. The van der Waals surface area contributed by atoms with Gasteiger partial charge in [0.1, 0.15) is 5.75 Å². The number of phenols is 1. The van der Waals surface area contributed by atoms with Gasteiger partial charge in [-0.1, -0.05) is 17.3 Å². The van der Waals surface area contributed by atoms with Crippen molar-refractivity contribution in [1.82, 2.24) is 5.32 Å². The van der Waals surface area contributed by atoms with E-state index in [0.29, 0.717) is 5.56 Å². The smallest absolute Gasteiger partial charge is 0.255 e. The van der Waals surface area contributed by atoms with Gasteiger partial charge in [0.05, 0.1) is 11.1 Å². The summed E-state index contributed by atoms with van der Waals surface area (Å²) in [4.78, 5) is 12.0. The fraction of sp³-hybridized carbons (Fsp3) is 0.333. The highest BCUT2D eigenvalue weighted by atomic mass is 16.4. The van der Waals surface area contributed by atoms with Crippen molar-refractivity contribution in [3.05, 3.63) is 29.3 Å². The zero-order valence-electron chi connectivity index (χ0n) is 10.6. The highest BCUT2D eigenvalue weighted by molar-refractivity contribution is 6.01. The molecule has 0 spiro atoms. The molecule has 0 fully saturated rings. The summed E-state index contributed by atoms with van der Waals surface area (Å²) in [6, 6.07) is 4.86. The summed E-state index contributed by atoms with van der Waals surface area (Å²) in [5.74, 6) is -0.693. The molecule has 0 atom stereocenters. The Labute approximate surface area is 105 Å². The Morgan fingerprint density at radius 1 is 1.44 bits per heavy atom. The lowest BCUT2D eigenvalue weighted by atomic mass is 10.0. The first-order valence-electron chi connectivity index (χ1n) is 5.38. The van der Waals surface area contributed by atoms with Gasteiger partial charge >= 0.3 is 0 Å². The second-order valence-corrected chi connectivity index (χ2v) is 4.54. The molecule has 0 aromatic heterocycles. The lowest BCUT2D eigenvalue weighted by Crippen LogP contribution is -2.53. The second-order valence-electron chi connectivity index (χ2n) is 4.54. The van der Waals surface area contributed by atoms with Gasteiger partial charge in [-0.05, 0) is 32.4 Å². The number of nitrogens with one attached hydrogen (secondary N) is 1. The van der Waals surface area contributed by atoms with E-state index in [1.54, 1.807) is 32.9 Å². The number of phenolic OH excluding ortho intramolecular Hbond substituents is 1. The number of aryl methyl sites for hydroxylation is 1. The van der Waals surface area contributed by atoms with Crippen LogP contribution in [0.2, 0.25) is 0 Å². The number of benzene rings is 1. The predicted molar refractivity (Wildman–Crippen MR) is 67.8 cm³/mol. The van der Waals surface area contributed by atoms with Gasteiger partial charge in [-0.15, -0.1) is 0 Å². The SMILES string of the molecule is Cc1cccc(C(=O)NC(C)(C)/C(N)=N/O)c1O. The van der Waals surface area contributed by atoms with Gasteiger partial charge < -0.3 is 21.4 Å². The fourth-order valence-corrected chi connectivity index (χ4v) is 1.38. The van der Waals surface area contributed by atoms with Crippen LogP contribution in [0.5, 0.6) is 5.75 Å². The predicted octanol–water partition coefficient (Wildman–Crippen LogP) is 0.955. The Bertz CT molecular complexity index is 495. The second kappa shape index (κ2) is 4.95. The number of para-hydroxylation sites is 1. The highest BCUT2D eigenvalue weighted by Gasteiger charge is 2.27. The first kappa shape index (κ1) is 13.8. The molecule has 98 valence electrons. The molecule has 0 saturated carbocycles. The summed E-state index contributed by atoms with van der Waals surface area (Å²) in [5, 5.41) is 23.8. The number of nitrogens with zero attached hydrogens (tertiary/aromatic N) is 1. The number of aromatic hydroxyl groups is 1. The molecule has 0 aliphatic carbocycles. The standard InChI is InChI=1S/C12H17N3O3/c1-7-5-4-6-8(9(7)16)10(17)14-12(2,3)11(13)15-18/h4-6,16,18H,1-3H3,(H2,13,15)(H,14,17). The lowest BCUT2D eigenvalue weighted by molar-refractivity contribution is 0.0928. The van der Waals surface area contributed by atoms with Gasteiger partial charge in [-0.3, -0.25) is 4.79 Å². The molecule has 0 bridgehead atoms. The van der Waals surface area contributed by atoms with E-state index in [4.69, 9.17) is 10.9 Å². The topological polar surface area (TPSA) is 108 Å². The van der Waals surface area contributed by atoms with E-state index in [-0.39, 0.29) is 17.1 Å². The van der Waals surface area contributed by atoms with Crippen LogP contribution in [-0.4, -0.2) is 27.6 Å². The third kappa shape index (κ3) is 2.71. The average Bonchev–Trinajstić information content (AvgIpc) is 2.30. The number of amides is 1. The molecule has 18 heavy (non-hydrogen) atoms. The van der Waals surface area contributed by atoms with Crippen LogP contribution >= 0.6 is 0 Å². The maximum absolute atomic E-state index is 12.0. The molecule has 1 aromatic carbocycles. The third-order valence-corrected chi connectivity index (χ3v) is 2.66. The normalized spacial score (nSPS) is 12.3. The van der Waals surface area contributed by atoms with Crippen LogP contribution in [0.15, 0.2) is 23.4 Å². The maximum atomic E-state index is 12.0. The number of rotatable bonds is 3. The molecular formula is C12H17N3O3. The van der Waals surface area contributed by atoms with Gasteiger partial charge in [-0.2, -0.15) is 0 Å². The van der Waals surface area contributed by atoms with Crippen LogP contribution in [-0.2, 0) is 0 Å². The summed E-state index contributed by atoms with van der Waals surface area (Å²) in [6.07, 6.45) is 0. The zero-order chi connectivity index (χ0) is 13.9. The van der Waals surface area contributed by atoms with E-state index in [1.807, 2.05) is 0 Å². The molecular weight excluding hydrogens is 234 g/mol. The molecule has 0 radical (unpaired) electrons. The molecule has 0 saturated heterocycles. The first-order chi connectivity index (χ1) is 8.29. The molecule has 5 N–H and O–H groups in total. The van der Waals surface area contributed by atoms with Crippen LogP contribution in [0, 0.1) is 6.92 Å². The Hall–Kier alpha value is -2.24. The molecule has 1 aromatic rings. The Morgan fingerprint density at radius 2 is 2.06 bits per heavy atom. The average molecular weight is 251 g/mol. The molecule has 0 heterocycles. The van der Waals surface area contributed by atoms with Crippen molar-refractivity contribution in [2.45, 2.75) is 26.3 Å². The monoisotopic (exact) mass is 251 g/mol. The fourth-order valence-electron chi connectivity index (χ4n) is 1.38. The van der Waals surface area contributed by atoms with Crippen molar-refractivity contribution >= 4 is 11.7 Å². The van der Waals surface area contributed by atoms with Crippen molar-refractivity contribution in [3.8, 4) is 5.75 Å². The van der Waals surface area contributed by atoms with Gasteiger partial charge in [0, 0.05) is 0 Å². The van der Waals surface area contributed by atoms with E-state index in [1.165, 1.54) is 6.07 Å². The van der Waals surface area contributed by atoms with Gasteiger partial charge in [-0.25, -0.2) is 0 Å². The van der Waals surface area contributed by atoms with Crippen LogP contribution in [0.1, 0.15) is 29.8 Å². The largest absolute Gasteiger partial charge is 0.507 e. The van der Waals surface area contributed by atoms with E-state index < -0.39 is 11.4 Å². The molecule has 0 unspecified atom stereocenters. The number of carbonyl (C=O) groups excluding carboxylic acids is 1. The Morgan fingerprint density at radius 3 is 2.61 bits per heavy atom. The summed E-state index contributed by atoms with van der Waals surface area (Å²) in [6.45, 7) is 4.88. The molecule has 1 amide bonds. The number of nitrogens with two attached hydrogens (primary N) is 1. The maximum Gasteiger partial charge on any atom is 0.255 e. The van der Waals surface area contributed by atoms with Crippen LogP contribution < -0.4 is 11.1 Å². The number of hydrogen-bond donors (Lipinski definition) is 4. The van der Waals surface area contributed by atoms with E-state index in [9.17, 15) is 9.90 Å². The van der Waals surface area contributed by atoms with Gasteiger partial charge in [0.2, 0.25) is 0 Å². The van der Waals surface area contributed by atoms with Crippen molar-refractivity contribution in [1.29, 1.82) is 0 Å². The third-order valence-electron chi connectivity index (χ3n) is 2.66. The van der Waals surface area contributed by atoms with Crippen molar-refractivity contribution < 1.29 is 15.1 Å². The quantitative estimate of drug-likeness (QED) is 0.277. The summed E-state index contributed by atoms with van der Waals surface area (Å²) < 4.78 is 0. The minimum Gasteiger partial charge on any atom is -0.507 e. The van der Waals surface area contributed by atoms with E-state index >= 15 is 0 Å². The molecule has 6 nitrogen and oxygen atoms in total. The van der Waals surface area contributed by atoms with Crippen LogP contribution in [0.3, 0.4) is 0 Å². The van der Waals surface area contributed by atoms with Crippen LogP contribution in [0.4, 0.5) is 0 Å². The highest BCUT2D eigenvalue weighted by Crippen LogP contribution is 2.21. The summed E-state index contributed by atoms with van der Waals surface area (Å²) in [5.41, 5.74) is 5.20. The first-order valence-corrected chi connectivity index (χ1v) is 5.38. The van der Waals surface area contributed by atoms with Crippen molar-refractivity contribution in [2.75, 3.05) is 0 Å². The molecule has 0 aliphatic heterocycles.